The van der Waals surface area contributed by atoms with Gasteiger partial charge in [-0.15, -0.1) is 0 Å². The van der Waals surface area contributed by atoms with Crippen LogP contribution in [0.1, 0.15) is 38.5 Å². The van der Waals surface area contributed by atoms with E-state index in [0.29, 0.717) is 12.0 Å². The monoisotopic (exact) mass is 182 g/mol. The number of hydrogen-bond donors (Lipinski definition) is 2. The molecular weight excluding hydrogens is 164 g/mol. The molecule has 0 aliphatic heterocycles. The van der Waals surface area contributed by atoms with Crippen LogP contribution in [0, 0.1) is 11.3 Å². The van der Waals surface area contributed by atoms with E-state index in [4.69, 9.17) is 11.5 Å². The molecular formula is C10H18N2O. The third-order valence-corrected chi connectivity index (χ3v) is 3.83. The second-order valence-corrected chi connectivity index (χ2v) is 4.63. The first-order chi connectivity index (χ1) is 6.15. The van der Waals surface area contributed by atoms with Crippen molar-refractivity contribution in [2.24, 2.45) is 22.8 Å². The zero-order valence-corrected chi connectivity index (χ0v) is 7.96. The van der Waals surface area contributed by atoms with Gasteiger partial charge in [0, 0.05) is 6.04 Å². The number of carbonyl (C=O) groups is 1. The summed E-state index contributed by atoms with van der Waals surface area (Å²) in [7, 11) is 0. The lowest BCUT2D eigenvalue weighted by atomic mass is 9.76. The minimum absolute atomic E-state index is 0.0760. The second kappa shape index (κ2) is 2.98. The van der Waals surface area contributed by atoms with E-state index >= 15 is 0 Å². The van der Waals surface area contributed by atoms with E-state index < -0.39 is 0 Å². The summed E-state index contributed by atoms with van der Waals surface area (Å²) in [5, 5.41) is 0. The van der Waals surface area contributed by atoms with Crippen molar-refractivity contribution in [3.8, 4) is 0 Å². The van der Waals surface area contributed by atoms with Gasteiger partial charge in [0.25, 0.3) is 0 Å². The van der Waals surface area contributed by atoms with Gasteiger partial charge in [0.15, 0.2) is 0 Å². The minimum Gasteiger partial charge on any atom is -0.369 e. The summed E-state index contributed by atoms with van der Waals surface area (Å²) < 4.78 is 0. The van der Waals surface area contributed by atoms with E-state index in [1.54, 1.807) is 0 Å². The highest BCUT2D eigenvalue weighted by molar-refractivity contribution is 5.83. The van der Waals surface area contributed by atoms with Gasteiger partial charge >= 0.3 is 0 Å². The van der Waals surface area contributed by atoms with Crippen molar-refractivity contribution in [2.45, 2.75) is 44.6 Å². The predicted octanol–water partition coefficient (Wildman–Crippen LogP) is 0.769. The predicted molar refractivity (Wildman–Crippen MR) is 50.8 cm³/mol. The molecule has 3 nitrogen and oxygen atoms in total. The third-order valence-electron chi connectivity index (χ3n) is 3.83. The van der Waals surface area contributed by atoms with Crippen LogP contribution in [0.15, 0.2) is 0 Å². The third kappa shape index (κ3) is 1.46. The van der Waals surface area contributed by atoms with Crippen molar-refractivity contribution in [1.29, 1.82) is 0 Å². The molecule has 0 atom stereocenters. The van der Waals surface area contributed by atoms with Crippen LogP contribution in [0.5, 0.6) is 0 Å². The average Bonchev–Trinajstić information content (AvgIpc) is 2.86. The average molecular weight is 182 g/mol. The Balaban J connectivity index is 1.98. The molecule has 0 radical (unpaired) electrons. The van der Waals surface area contributed by atoms with Gasteiger partial charge in [-0.25, -0.2) is 0 Å². The van der Waals surface area contributed by atoms with Crippen LogP contribution in [-0.4, -0.2) is 11.9 Å². The number of amides is 1. The molecule has 13 heavy (non-hydrogen) atoms. The summed E-state index contributed by atoms with van der Waals surface area (Å²) >= 11 is 0. The molecule has 0 aromatic heterocycles. The maximum Gasteiger partial charge on any atom is 0.223 e. The summed E-state index contributed by atoms with van der Waals surface area (Å²) in [5.41, 5.74) is 11.1. The molecule has 2 aliphatic rings. The van der Waals surface area contributed by atoms with E-state index in [0.717, 1.165) is 38.5 Å². The fraction of sp³-hybridized carbons (Fsp3) is 0.900. The van der Waals surface area contributed by atoms with Crippen molar-refractivity contribution >= 4 is 5.91 Å². The molecule has 74 valence electrons. The number of nitrogens with two attached hydrogens (primary N) is 2. The summed E-state index contributed by atoms with van der Waals surface area (Å²) in [5.74, 6) is 0.456. The van der Waals surface area contributed by atoms with Gasteiger partial charge in [-0.1, -0.05) is 0 Å². The highest BCUT2D eigenvalue weighted by atomic mass is 16.1. The highest BCUT2D eigenvalue weighted by Crippen LogP contribution is 2.55. The Morgan fingerprint density at radius 2 is 1.69 bits per heavy atom. The topological polar surface area (TPSA) is 69.1 Å². The molecule has 3 heteroatoms. The summed E-state index contributed by atoms with van der Waals surface area (Å²) in [6, 6.07) is 0.361. The van der Waals surface area contributed by atoms with Gasteiger partial charge in [0.05, 0.1) is 5.41 Å². The zero-order chi connectivity index (χ0) is 9.47. The van der Waals surface area contributed by atoms with Crippen LogP contribution >= 0.6 is 0 Å². The van der Waals surface area contributed by atoms with Gasteiger partial charge in [-0.2, -0.15) is 0 Å². The molecule has 2 fully saturated rings. The van der Waals surface area contributed by atoms with Crippen LogP contribution in [0.25, 0.3) is 0 Å². The Morgan fingerprint density at radius 3 is 2.08 bits per heavy atom. The molecule has 4 N–H and O–H groups in total. The summed E-state index contributed by atoms with van der Waals surface area (Å²) in [4.78, 5) is 11.3. The summed E-state index contributed by atoms with van der Waals surface area (Å²) in [6.45, 7) is 0. The molecule has 1 amide bonds. The molecule has 0 aromatic carbocycles. The molecule has 0 saturated heterocycles. The zero-order valence-electron chi connectivity index (χ0n) is 7.96. The maximum atomic E-state index is 11.3. The van der Waals surface area contributed by atoms with Crippen LogP contribution in [-0.2, 0) is 4.79 Å². The molecule has 2 rings (SSSR count). The number of primary amides is 1. The largest absolute Gasteiger partial charge is 0.369 e. The van der Waals surface area contributed by atoms with Gasteiger partial charge in [0.2, 0.25) is 5.91 Å². The number of carbonyl (C=O) groups excluding carboxylic acids is 1. The molecule has 2 aliphatic carbocycles. The molecule has 0 spiro atoms. The lowest BCUT2D eigenvalue weighted by molar-refractivity contribution is -0.125. The Labute approximate surface area is 78.9 Å². The SMILES string of the molecule is NC(=O)C1(C2CCC(N)CC2)CC1. The van der Waals surface area contributed by atoms with Gasteiger partial charge in [-0.05, 0) is 44.4 Å². The fourth-order valence-electron chi connectivity index (χ4n) is 2.66. The van der Waals surface area contributed by atoms with E-state index in [1.165, 1.54) is 0 Å². The summed E-state index contributed by atoms with van der Waals surface area (Å²) in [6.07, 6.45) is 6.37. The number of hydrogen-bond acceptors (Lipinski definition) is 2. The number of rotatable bonds is 2. The highest BCUT2D eigenvalue weighted by Gasteiger charge is 2.54. The quantitative estimate of drug-likeness (QED) is 0.662. The van der Waals surface area contributed by atoms with E-state index in [9.17, 15) is 4.79 Å². The van der Waals surface area contributed by atoms with Crippen LogP contribution in [0.3, 0.4) is 0 Å². The molecule has 0 heterocycles. The maximum absolute atomic E-state index is 11.3. The first-order valence-corrected chi connectivity index (χ1v) is 5.20. The Bertz CT molecular complexity index is 215. The minimum atomic E-state index is -0.111. The molecule has 0 bridgehead atoms. The van der Waals surface area contributed by atoms with Gasteiger partial charge in [0.1, 0.15) is 0 Å². The second-order valence-electron chi connectivity index (χ2n) is 4.63. The Hall–Kier alpha value is -0.570. The first kappa shape index (κ1) is 9.00. The fourth-order valence-corrected chi connectivity index (χ4v) is 2.66. The smallest absolute Gasteiger partial charge is 0.223 e. The Kier molecular flexibility index (Phi) is 2.06. The van der Waals surface area contributed by atoms with Gasteiger partial charge < -0.3 is 11.5 Å². The van der Waals surface area contributed by atoms with Crippen LogP contribution in [0.2, 0.25) is 0 Å². The van der Waals surface area contributed by atoms with Crippen molar-refractivity contribution < 1.29 is 4.79 Å². The van der Waals surface area contributed by atoms with Crippen molar-refractivity contribution in [1.82, 2.24) is 0 Å². The van der Waals surface area contributed by atoms with Gasteiger partial charge in [-0.3, -0.25) is 4.79 Å². The van der Waals surface area contributed by atoms with E-state index in [1.807, 2.05) is 0 Å². The lowest BCUT2D eigenvalue weighted by Gasteiger charge is -2.30. The molecule has 2 saturated carbocycles. The lowest BCUT2D eigenvalue weighted by Crippen LogP contribution is -2.36. The van der Waals surface area contributed by atoms with E-state index in [-0.39, 0.29) is 11.3 Å². The molecule has 0 aromatic rings. The first-order valence-electron chi connectivity index (χ1n) is 5.20. The van der Waals surface area contributed by atoms with Crippen molar-refractivity contribution in [3.05, 3.63) is 0 Å². The Morgan fingerprint density at radius 1 is 1.15 bits per heavy atom. The van der Waals surface area contributed by atoms with E-state index in [2.05, 4.69) is 0 Å². The van der Waals surface area contributed by atoms with Crippen molar-refractivity contribution in [3.63, 3.8) is 0 Å². The standard InChI is InChI=1S/C10H18N2O/c11-8-3-1-7(2-4-8)10(5-6-10)9(12)13/h7-8H,1-6,11H2,(H2,12,13). The van der Waals surface area contributed by atoms with Crippen molar-refractivity contribution in [2.75, 3.05) is 0 Å². The van der Waals surface area contributed by atoms with Crippen LogP contribution < -0.4 is 11.5 Å². The molecule has 0 unspecified atom stereocenters. The van der Waals surface area contributed by atoms with Crippen LogP contribution in [0.4, 0.5) is 0 Å². The normalized spacial score (nSPS) is 37.0.